The Balaban J connectivity index is 2.48. The number of hydrogen-bond acceptors (Lipinski definition) is 2. The van der Waals surface area contributed by atoms with Crippen LogP contribution in [0.2, 0.25) is 0 Å². The number of carbonyl (C=O) groups is 2. The molecule has 0 spiro atoms. The Morgan fingerprint density at radius 3 is 2.50 bits per heavy atom. The lowest BCUT2D eigenvalue weighted by atomic mass is 10.1. The van der Waals surface area contributed by atoms with E-state index in [0.717, 1.165) is 5.56 Å². The number of fused-ring (bicyclic) bond motifs is 1. The van der Waals surface area contributed by atoms with Crippen molar-refractivity contribution in [2.45, 2.75) is 0 Å². The van der Waals surface area contributed by atoms with Gasteiger partial charge in [0.2, 0.25) is 0 Å². The van der Waals surface area contributed by atoms with E-state index in [2.05, 4.69) is 6.58 Å². The lowest BCUT2D eigenvalue weighted by Crippen LogP contribution is -2.24. The lowest BCUT2D eigenvalue weighted by molar-refractivity contribution is -0.108. The van der Waals surface area contributed by atoms with Crippen LogP contribution in [0.25, 0.3) is 5.70 Å². The molecule has 0 atom stereocenters. The lowest BCUT2D eigenvalue weighted by Gasteiger charge is -2.12. The Morgan fingerprint density at radius 1 is 1.29 bits per heavy atom. The summed E-state index contributed by atoms with van der Waals surface area (Å²) in [4.78, 5) is 23.5. The van der Waals surface area contributed by atoms with E-state index in [1.165, 1.54) is 4.90 Å². The van der Waals surface area contributed by atoms with Crippen molar-refractivity contribution in [3.63, 3.8) is 0 Å². The second kappa shape index (κ2) is 3.10. The molecular weight excluding hydrogens is 178 g/mol. The minimum atomic E-state index is -0.141. The van der Waals surface area contributed by atoms with Gasteiger partial charge in [-0.2, -0.15) is 0 Å². The summed E-state index contributed by atoms with van der Waals surface area (Å²) in [5, 5.41) is 0. The third-order valence-corrected chi connectivity index (χ3v) is 2.30. The first-order chi connectivity index (χ1) is 6.75. The number of nitrogens with zero attached hydrogens (tertiary/aromatic N) is 1. The third-order valence-electron chi connectivity index (χ3n) is 2.30. The van der Waals surface area contributed by atoms with Crippen molar-refractivity contribution in [1.29, 1.82) is 0 Å². The predicted octanol–water partition coefficient (Wildman–Crippen LogP) is 1.31. The summed E-state index contributed by atoms with van der Waals surface area (Å²) in [5.74, 6) is -0.141. The Labute approximate surface area is 81.6 Å². The van der Waals surface area contributed by atoms with E-state index in [1.54, 1.807) is 12.1 Å². The van der Waals surface area contributed by atoms with Crippen LogP contribution in [0, 0.1) is 0 Å². The van der Waals surface area contributed by atoms with Gasteiger partial charge >= 0.3 is 0 Å². The SMILES string of the molecule is C=C1c2ccccc2C(=O)N1CC=O. The molecule has 0 saturated carbocycles. The quantitative estimate of drug-likeness (QED) is 0.654. The van der Waals surface area contributed by atoms with Crippen molar-refractivity contribution in [3.8, 4) is 0 Å². The first kappa shape index (κ1) is 8.69. The molecule has 0 saturated heterocycles. The summed E-state index contributed by atoms with van der Waals surface area (Å²) in [5.41, 5.74) is 2.05. The molecule has 1 aliphatic rings. The summed E-state index contributed by atoms with van der Waals surface area (Å²) in [7, 11) is 0. The first-order valence-electron chi connectivity index (χ1n) is 4.29. The molecule has 1 amide bonds. The second-order valence-corrected chi connectivity index (χ2v) is 3.07. The summed E-state index contributed by atoms with van der Waals surface area (Å²) in [6.45, 7) is 3.87. The molecule has 0 N–H and O–H groups in total. The smallest absolute Gasteiger partial charge is 0.259 e. The van der Waals surface area contributed by atoms with Crippen molar-refractivity contribution < 1.29 is 9.59 Å². The second-order valence-electron chi connectivity index (χ2n) is 3.07. The van der Waals surface area contributed by atoms with E-state index in [4.69, 9.17) is 0 Å². The molecule has 3 heteroatoms. The van der Waals surface area contributed by atoms with Gasteiger partial charge in [0.25, 0.3) is 5.91 Å². The first-order valence-corrected chi connectivity index (χ1v) is 4.29. The van der Waals surface area contributed by atoms with Gasteiger partial charge in [0.05, 0.1) is 6.54 Å². The average Bonchev–Trinajstić information content (AvgIpc) is 2.45. The molecule has 2 rings (SSSR count). The van der Waals surface area contributed by atoms with Gasteiger partial charge in [-0.3, -0.25) is 4.79 Å². The molecule has 0 fully saturated rings. The number of hydrogen-bond donors (Lipinski definition) is 0. The molecule has 0 unspecified atom stereocenters. The van der Waals surface area contributed by atoms with Gasteiger partial charge in [-0.15, -0.1) is 0 Å². The van der Waals surface area contributed by atoms with Gasteiger partial charge in [-0.1, -0.05) is 24.8 Å². The largest absolute Gasteiger partial charge is 0.301 e. The fraction of sp³-hybridized carbons (Fsp3) is 0.0909. The maximum absolute atomic E-state index is 11.7. The molecule has 1 heterocycles. The van der Waals surface area contributed by atoms with Crippen molar-refractivity contribution in [2.75, 3.05) is 6.54 Å². The summed E-state index contributed by atoms with van der Waals surface area (Å²) in [6, 6.07) is 7.23. The molecule has 1 aliphatic heterocycles. The number of rotatable bonds is 2. The topological polar surface area (TPSA) is 37.4 Å². The number of benzene rings is 1. The van der Waals surface area contributed by atoms with Gasteiger partial charge in [0.1, 0.15) is 6.29 Å². The van der Waals surface area contributed by atoms with E-state index in [9.17, 15) is 9.59 Å². The summed E-state index contributed by atoms with van der Waals surface area (Å²) in [6.07, 6.45) is 0.703. The van der Waals surface area contributed by atoms with Crippen LogP contribution in [0.1, 0.15) is 15.9 Å². The van der Waals surface area contributed by atoms with Crippen LogP contribution in [0.4, 0.5) is 0 Å². The van der Waals surface area contributed by atoms with E-state index in [-0.39, 0.29) is 12.5 Å². The number of carbonyl (C=O) groups excluding carboxylic acids is 2. The molecule has 0 aliphatic carbocycles. The third kappa shape index (κ3) is 1.06. The van der Waals surface area contributed by atoms with Gasteiger partial charge in [-0.25, -0.2) is 0 Å². The highest BCUT2D eigenvalue weighted by atomic mass is 16.2. The highest BCUT2D eigenvalue weighted by molar-refractivity contribution is 6.09. The molecule has 3 nitrogen and oxygen atoms in total. The van der Waals surface area contributed by atoms with Crippen molar-refractivity contribution in [1.82, 2.24) is 4.90 Å². The van der Waals surface area contributed by atoms with E-state index in [1.807, 2.05) is 12.1 Å². The maximum atomic E-state index is 11.7. The highest BCUT2D eigenvalue weighted by Gasteiger charge is 2.29. The van der Waals surface area contributed by atoms with Crippen LogP contribution in [0.5, 0.6) is 0 Å². The Morgan fingerprint density at radius 2 is 1.93 bits per heavy atom. The molecule has 0 bridgehead atoms. The normalized spacial score (nSPS) is 14.4. The molecule has 0 radical (unpaired) electrons. The minimum absolute atomic E-state index is 0.0757. The van der Waals surface area contributed by atoms with Gasteiger partial charge < -0.3 is 9.69 Å². The maximum Gasteiger partial charge on any atom is 0.259 e. The Bertz CT molecular complexity index is 388. The van der Waals surface area contributed by atoms with Crippen molar-refractivity contribution >= 4 is 17.9 Å². The van der Waals surface area contributed by atoms with Gasteiger partial charge in [0.15, 0.2) is 0 Å². The fourth-order valence-electron chi connectivity index (χ4n) is 1.60. The Hall–Kier alpha value is -1.90. The van der Waals surface area contributed by atoms with Crippen LogP contribution < -0.4 is 0 Å². The highest BCUT2D eigenvalue weighted by Crippen LogP contribution is 2.30. The number of aldehydes is 1. The standard InChI is InChI=1S/C11H9NO2/c1-8-9-4-2-3-5-10(9)11(14)12(8)6-7-13/h2-5,7H,1,6H2. The van der Waals surface area contributed by atoms with E-state index in [0.29, 0.717) is 17.5 Å². The predicted molar refractivity (Wildman–Crippen MR) is 52.6 cm³/mol. The zero-order chi connectivity index (χ0) is 10.1. The molecule has 0 aromatic heterocycles. The minimum Gasteiger partial charge on any atom is -0.301 e. The average molecular weight is 187 g/mol. The molecule has 14 heavy (non-hydrogen) atoms. The van der Waals surface area contributed by atoms with Crippen LogP contribution in [0.3, 0.4) is 0 Å². The molecule has 70 valence electrons. The van der Waals surface area contributed by atoms with E-state index >= 15 is 0 Å². The Kier molecular flexibility index (Phi) is 1.93. The molecule has 1 aromatic carbocycles. The van der Waals surface area contributed by atoms with Gasteiger partial charge in [0, 0.05) is 16.8 Å². The van der Waals surface area contributed by atoms with Crippen LogP contribution in [-0.4, -0.2) is 23.6 Å². The fourth-order valence-corrected chi connectivity index (χ4v) is 1.60. The number of amides is 1. The van der Waals surface area contributed by atoms with Crippen LogP contribution >= 0.6 is 0 Å². The zero-order valence-corrected chi connectivity index (χ0v) is 7.56. The van der Waals surface area contributed by atoms with Crippen LogP contribution in [0.15, 0.2) is 30.8 Å². The summed E-state index contributed by atoms with van der Waals surface area (Å²) >= 11 is 0. The van der Waals surface area contributed by atoms with Crippen LogP contribution in [-0.2, 0) is 4.79 Å². The van der Waals surface area contributed by atoms with E-state index < -0.39 is 0 Å². The van der Waals surface area contributed by atoms with Crippen molar-refractivity contribution in [3.05, 3.63) is 42.0 Å². The molecule has 1 aromatic rings. The molecular formula is C11H9NO2. The van der Waals surface area contributed by atoms with Gasteiger partial charge in [-0.05, 0) is 6.07 Å². The van der Waals surface area contributed by atoms with Crippen molar-refractivity contribution in [2.24, 2.45) is 0 Å². The monoisotopic (exact) mass is 187 g/mol. The zero-order valence-electron chi connectivity index (χ0n) is 7.56. The summed E-state index contributed by atoms with van der Waals surface area (Å²) < 4.78 is 0.